The largest absolute Gasteiger partial charge is 0.418 e. The van der Waals surface area contributed by atoms with Gasteiger partial charge in [0, 0.05) is 5.92 Å². The Kier molecular flexibility index (Phi) is 6.46. The maximum atomic E-state index is 6.52. The molecule has 0 fully saturated rings. The molecule has 2 atom stereocenters. The van der Waals surface area contributed by atoms with Crippen LogP contribution in [0.1, 0.15) is 74.1 Å². The second kappa shape index (κ2) is 7.31. The zero-order valence-electron chi connectivity index (χ0n) is 16.1. The highest BCUT2D eigenvalue weighted by molar-refractivity contribution is 5.98. The van der Waals surface area contributed by atoms with Gasteiger partial charge in [-0.25, -0.2) is 0 Å². The summed E-state index contributed by atoms with van der Waals surface area (Å²) < 4.78 is 6.52. The third kappa shape index (κ3) is 2.92. The van der Waals surface area contributed by atoms with Crippen molar-refractivity contribution in [1.82, 2.24) is 0 Å². The maximum absolute atomic E-state index is 6.52. The molecule has 1 nitrogen and oxygen atoms in total. The van der Waals surface area contributed by atoms with Crippen molar-refractivity contribution in [2.75, 3.05) is 0 Å². The van der Waals surface area contributed by atoms with Crippen molar-refractivity contribution < 1.29 is 4.43 Å². The molecule has 0 heterocycles. The van der Waals surface area contributed by atoms with Crippen molar-refractivity contribution in [3.8, 4) is 0 Å². The predicted octanol–water partition coefficient (Wildman–Crippen LogP) is 5.12. The summed E-state index contributed by atoms with van der Waals surface area (Å²) in [6.45, 7) is 20.3. The van der Waals surface area contributed by atoms with Crippen LogP contribution in [0.5, 0.6) is 0 Å². The average Bonchev–Trinajstić information content (AvgIpc) is 2.44. The Morgan fingerprint density at radius 1 is 1.23 bits per heavy atom. The molecule has 1 rings (SSSR count). The zero-order valence-corrected chi connectivity index (χ0v) is 18.1. The smallest absolute Gasteiger partial charge is 0.147 e. The molecule has 0 amide bonds. The monoisotopic (exact) mass is 320 g/mol. The first-order chi connectivity index (χ1) is 10.2. The van der Waals surface area contributed by atoms with E-state index in [2.05, 4.69) is 61.1 Å². The Hall–Kier alpha value is -0.603. The van der Waals surface area contributed by atoms with Crippen LogP contribution in [0.2, 0.25) is 0 Å². The second-order valence-corrected chi connectivity index (χ2v) is 8.09. The summed E-state index contributed by atoms with van der Waals surface area (Å²) in [4.78, 5) is 0. The fourth-order valence-corrected chi connectivity index (χ4v) is 5.78. The fraction of sp³-hybridized carbons (Fsp3) is 0.700. The van der Waals surface area contributed by atoms with Gasteiger partial charge in [0.05, 0.1) is 5.60 Å². The summed E-state index contributed by atoms with van der Waals surface area (Å²) in [6, 6.07) is 0. The lowest BCUT2D eigenvalue weighted by atomic mass is 9.57. The SMILES string of the molecule is C=CC1=C(C)C(CCC)C(O[SiH3])(C(C)(C)C)C(CCC)=C1C. The van der Waals surface area contributed by atoms with Crippen molar-refractivity contribution >= 4 is 10.5 Å². The Bertz CT molecular complexity index is 478. The minimum Gasteiger partial charge on any atom is -0.418 e. The van der Waals surface area contributed by atoms with Crippen molar-refractivity contribution in [3.63, 3.8) is 0 Å². The van der Waals surface area contributed by atoms with E-state index in [4.69, 9.17) is 4.43 Å². The predicted molar refractivity (Wildman–Crippen MR) is 102 cm³/mol. The first-order valence-electron chi connectivity index (χ1n) is 8.81. The van der Waals surface area contributed by atoms with Crippen LogP contribution in [0.25, 0.3) is 0 Å². The summed E-state index contributed by atoms with van der Waals surface area (Å²) in [5.41, 5.74) is 5.71. The number of rotatable bonds is 6. The standard InChI is InChI=1S/C20H36OSi/c1-9-12-17-14(4)16(11-3)15(5)18(13-10-2)20(17,21-22)19(6,7)8/h11,17H,3,9-10,12-13H2,1-2,4-8,22H3. The summed E-state index contributed by atoms with van der Waals surface area (Å²) >= 11 is 0. The summed E-state index contributed by atoms with van der Waals surface area (Å²) in [6.07, 6.45) is 6.72. The van der Waals surface area contributed by atoms with Crippen molar-refractivity contribution in [2.24, 2.45) is 11.3 Å². The summed E-state index contributed by atoms with van der Waals surface area (Å²) in [7, 11) is 0.770. The van der Waals surface area contributed by atoms with E-state index < -0.39 is 0 Å². The van der Waals surface area contributed by atoms with Gasteiger partial charge in [-0.15, -0.1) is 0 Å². The minimum absolute atomic E-state index is 0.0916. The van der Waals surface area contributed by atoms with E-state index in [0.717, 1.165) is 23.3 Å². The van der Waals surface area contributed by atoms with E-state index in [1.54, 1.807) is 0 Å². The molecule has 0 spiro atoms. The zero-order chi connectivity index (χ0) is 17.1. The van der Waals surface area contributed by atoms with Gasteiger partial charge in [-0.2, -0.15) is 0 Å². The van der Waals surface area contributed by atoms with Gasteiger partial charge in [0.1, 0.15) is 10.5 Å². The quantitative estimate of drug-likeness (QED) is 0.617. The minimum atomic E-state index is -0.147. The molecule has 0 aromatic carbocycles. The molecule has 126 valence electrons. The average molecular weight is 321 g/mol. The molecule has 0 aromatic heterocycles. The Morgan fingerprint density at radius 3 is 2.18 bits per heavy atom. The van der Waals surface area contributed by atoms with Gasteiger partial charge in [-0.3, -0.25) is 0 Å². The van der Waals surface area contributed by atoms with Gasteiger partial charge in [0.2, 0.25) is 0 Å². The fourth-order valence-electron chi connectivity index (χ4n) is 4.63. The maximum Gasteiger partial charge on any atom is 0.147 e. The number of allylic oxidation sites excluding steroid dienone is 3. The molecular formula is C20H36OSi. The summed E-state index contributed by atoms with van der Waals surface area (Å²) in [5.74, 6) is 0.466. The summed E-state index contributed by atoms with van der Waals surface area (Å²) in [5, 5.41) is 0. The van der Waals surface area contributed by atoms with Gasteiger partial charge >= 0.3 is 0 Å². The Balaban J connectivity index is 3.74. The molecule has 0 bridgehead atoms. The molecule has 22 heavy (non-hydrogen) atoms. The molecule has 0 radical (unpaired) electrons. The van der Waals surface area contributed by atoms with E-state index >= 15 is 0 Å². The van der Waals surface area contributed by atoms with E-state index in [1.807, 2.05) is 0 Å². The third-order valence-electron chi connectivity index (χ3n) is 5.46. The lowest BCUT2D eigenvalue weighted by Crippen LogP contribution is -2.55. The molecule has 2 heteroatoms. The number of hydrogen-bond donors (Lipinski definition) is 0. The van der Waals surface area contributed by atoms with Crippen LogP contribution in [-0.2, 0) is 4.43 Å². The Morgan fingerprint density at radius 2 is 1.82 bits per heavy atom. The molecule has 0 saturated carbocycles. The molecule has 0 aromatic rings. The highest BCUT2D eigenvalue weighted by Crippen LogP contribution is 2.55. The van der Waals surface area contributed by atoms with Crippen LogP contribution in [0.4, 0.5) is 0 Å². The van der Waals surface area contributed by atoms with Gasteiger partial charge < -0.3 is 4.43 Å². The molecule has 0 N–H and O–H groups in total. The normalized spacial score (nSPS) is 26.8. The van der Waals surface area contributed by atoms with E-state index in [-0.39, 0.29) is 11.0 Å². The highest BCUT2D eigenvalue weighted by Gasteiger charge is 2.53. The van der Waals surface area contributed by atoms with Crippen LogP contribution < -0.4 is 0 Å². The van der Waals surface area contributed by atoms with E-state index in [9.17, 15) is 0 Å². The molecule has 0 saturated heterocycles. The number of hydrogen-bond acceptors (Lipinski definition) is 1. The molecule has 0 aliphatic heterocycles. The lowest BCUT2D eigenvalue weighted by Gasteiger charge is -2.55. The molecule has 1 aliphatic carbocycles. The van der Waals surface area contributed by atoms with Gasteiger partial charge in [0.15, 0.2) is 0 Å². The van der Waals surface area contributed by atoms with Crippen molar-refractivity contribution in [1.29, 1.82) is 0 Å². The second-order valence-electron chi connectivity index (χ2n) is 7.69. The topological polar surface area (TPSA) is 9.23 Å². The van der Waals surface area contributed by atoms with Gasteiger partial charge in [-0.1, -0.05) is 65.7 Å². The molecular weight excluding hydrogens is 284 g/mol. The Labute approximate surface area is 141 Å². The van der Waals surface area contributed by atoms with Crippen molar-refractivity contribution in [2.45, 2.75) is 79.8 Å². The third-order valence-corrected chi connectivity index (χ3v) is 6.10. The first-order valence-corrected chi connectivity index (χ1v) is 9.63. The van der Waals surface area contributed by atoms with Crippen molar-refractivity contribution in [3.05, 3.63) is 34.9 Å². The lowest BCUT2D eigenvalue weighted by molar-refractivity contribution is -0.0410. The molecule has 2 unspecified atom stereocenters. The first kappa shape index (κ1) is 19.4. The van der Waals surface area contributed by atoms with Crippen LogP contribution in [-0.4, -0.2) is 16.1 Å². The van der Waals surface area contributed by atoms with Crippen LogP contribution in [0, 0.1) is 11.3 Å². The highest BCUT2D eigenvalue weighted by atomic mass is 28.2. The van der Waals surface area contributed by atoms with Gasteiger partial charge in [0.25, 0.3) is 0 Å². The molecule has 1 aliphatic rings. The van der Waals surface area contributed by atoms with E-state index in [1.165, 1.54) is 35.1 Å². The van der Waals surface area contributed by atoms with Crippen LogP contribution >= 0.6 is 0 Å². The van der Waals surface area contributed by atoms with Crippen LogP contribution in [0.15, 0.2) is 34.9 Å². The van der Waals surface area contributed by atoms with Crippen LogP contribution in [0.3, 0.4) is 0 Å². The van der Waals surface area contributed by atoms with E-state index in [0.29, 0.717) is 5.92 Å². The van der Waals surface area contributed by atoms with Gasteiger partial charge in [-0.05, 0) is 48.8 Å².